The van der Waals surface area contributed by atoms with E-state index in [0.29, 0.717) is 5.69 Å². The molecule has 0 aliphatic carbocycles. The summed E-state index contributed by atoms with van der Waals surface area (Å²) in [4.78, 5) is 12.6. The third-order valence-electron chi connectivity index (χ3n) is 4.66. The van der Waals surface area contributed by atoms with Crippen molar-refractivity contribution in [1.82, 2.24) is 20.2 Å². The van der Waals surface area contributed by atoms with E-state index in [1.165, 1.54) is 6.33 Å². The summed E-state index contributed by atoms with van der Waals surface area (Å²) in [5.41, 5.74) is 3.18. The third kappa shape index (κ3) is 2.88. The van der Waals surface area contributed by atoms with Gasteiger partial charge in [0.25, 0.3) is 0 Å². The fraction of sp³-hybridized carbons (Fsp3) is 0.0476. The number of rotatable bonds is 4. The van der Waals surface area contributed by atoms with Gasteiger partial charge in [0.1, 0.15) is 11.9 Å². The van der Waals surface area contributed by atoms with E-state index < -0.39 is 0 Å². The van der Waals surface area contributed by atoms with Crippen LogP contribution < -0.4 is 5.32 Å². The number of aromatic nitrogens is 4. The van der Waals surface area contributed by atoms with Gasteiger partial charge in [-0.2, -0.15) is 0 Å². The summed E-state index contributed by atoms with van der Waals surface area (Å²) >= 11 is 0. The molecule has 2 aromatic heterocycles. The second kappa shape index (κ2) is 6.62. The van der Waals surface area contributed by atoms with E-state index in [-0.39, 0.29) is 12.3 Å². The first-order chi connectivity index (χ1) is 13.8. The molecular weight excluding hydrogens is 354 g/mol. The monoisotopic (exact) mass is 369 g/mol. The zero-order valence-electron chi connectivity index (χ0n) is 14.7. The van der Waals surface area contributed by atoms with Gasteiger partial charge in [-0.1, -0.05) is 30.3 Å². The molecule has 0 saturated carbocycles. The van der Waals surface area contributed by atoms with Crippen LogP contribution in [0.15, 0.2) is 77.7 Å². The van der Waals surface area contributed by atoms with Gasteiger partial charge in [-0.15, -0.1) is 5.10 Å². The number of hydrogen-bond acceptors (Lipinski definition) is 5. The number of fused-ring (bicyclic) bond motifs is 3. The summed E-state index contributed by atoms with van der Waals surface area (Å²) in [7, 11) is 0. The second-order valence-electron chi connectivity index (χ2n) is 6.45. The molecule has 7 heteroatoms. The van der Waals surface area contributed by atoms with Crippen LogP contribution in [-0.4, -0.2) is 26.1 Å². The highest BCUT2D eigenvalue weighted by atomic mass is 16.3. The predicted molar refractivity (Wildman–Crippen MR) is 105 cm³/mol. The topological polar surface area (TPSA) is 85.8 Å². The minimum absolute atomic E-state index is 0.106. The van der Waals surface area contributed by atoms with Crippen LogP contribution in [0.5, 0.6) is 0 Å². The lowest BCUT2D eigenvalue weighted by atomic mass is 10.0. The van der Waals surface area contributed by atoms with Crippen molar-refractivity contribution in [3.63, 3.8) is 0 Å². The molecular formula is C21H15N5O2. The molecule has 0 spiro atoms. The van der Waals surface area contributed by atoms with Crippen LogP contribution in [0.4, 0.5) is 5.69 Å². The van der Waals surface area contributed by atoms with Crippen molar-refractivity contribution in [2.45, 2.75) is 6.42 Å². The van der Waals surface area contributed by atoms with Crippen molar-refractivity contribution in [3.05, 3.63) is 78.8 Å². The van der Waals surface area contributed by atoms with Gasteiger partial charge in [0, 0.05) is 16.6 Å². The Morgan fingerprint density at radius 2 is 1.89 bits per heavy atom. The summed E-state index contributed by atoms with van der Waals surface area (Å²) in [6.07, 6.45) is 3.41. The van der Waals surface area contributed by atoms with Crippen LogP contribution in [0, 0.1) is 0 Å². The van der Waals surface area contributed by atoms with Gasteiger partial charge in [-0.25, -0.2) is 4.68 Å². The lowest BCUT2D eigenvalue weighted by Gasteiger charge is -2.06. The van der Waals surface area contributed by atoms with Crippen molar-refractivity contribution in [2.75, 3.05) is 5.32 Å². The average Bonchev–Trinajstić information content (AvgIpc) is 3.39. The zero-order valence-corrected chi connectivity index (χ0v) is 14.7. The molecule has 28 heavy (non-hydrogen) atoms. The first kappa shape index (κ1) is 16.2. The molecule has 0 radical (unpaired) electrons. The van der Waals surface area contributed by atoms with E-state index in [4.69, 9.17) is 4.42 Å². The maximum atomic E-state index is 12.6. The summed E-state index contributed by atoms with van der Waals surface area (Å²) < 4.78 is 7.21. The van der Waals surface area contributed by atoms with Gasteiger partial charge in [0.2, 0.25) is 5.91 Å². The molecule has 3 aromatic carbocycles. The van der Waals surface area contributed by atoms with Crippen LogP contribution >= 0.6 is 0 Å². The minimum atomic E-state index is -0.106. The molecule has 136 valence electrons. The number of tetrazole rings is 1. The quantitative estimate of drug-likeness (QED) is 0.521. The van der Waals surface area contributed by atoms with Gasteiger partial charge in [-0.3, -0.25) is 4.79 Å². The molecule has 1 amide bonds. The zero-order chi connectivity index (χ0) is 18.9. The number of amides is 1. The highest BCUT2D eigenvalue weighted by Gasteiger charge is 2.13. The molecule has 5 aromatic rings. The van der Waals surface area contributed by atoms with Crippen molar-refractivity contribution in [1.29, 1.82) is 0 Å². The Labute approximate surface area is 159 Å². The predicted octanol–water partition coefficient (Wildman–Crippen LogP) is 3.74. The Morgan fingerprint density at radius 1 is 1.04 bits per heavy atom. The summed E-state index contributed by atoms with van der Waals surface area (Å²) in [6.45, 7) is 0. The van der Waals surface area contributed by atoms with Gasteiger partial charge in [0.05, 0.1) is 18.4 Å². The molecule has 0 saturated heterocycles. The molecule has 0 atom stereocenters. The number of carbonyl (C=O) groups is 1. The van der Waals surface area contributed by atoms with Crippen molar-refractivity contribution >= 4 is 33.3 Å². The molecule has 0 aliphatic heterocycles. The standard InChI is InChI=1S/C21H15N5O2/c27-20(23-16-6-8-17(9-7-16)26-13-22-24-25-26)11-15-12-28-19-10-5-14-3-1-2-4-18(14)21(15)19/h1-10,12-13H,11H2,(H,23,27). The highest BCUT2D eigenvalue weighted by Crippen LogP contribution is 2.30. The number of carbonyl (C=O) groups excluding carboxylic acids is 1. The third-order valence-corrected chi connectivity index (χ3v) is 4.66. The molecule has 0 fully saturated rings. The number of nitrogens with one attached hydrogen (secondary N) is 1. The SMILES string of the molecule is O=C(Cc1coc2ccc3ccccc3c12)Nc1ccc(-n2cnnn2)cc1. The first-order valence-corrected chi connectivity index (χ1v) is 8.79. The van der Waals surface area contributed by atoms with Crippen LogP contribution in [0.25, 0.3) is 27.4 Å². The van der Waals surface area contributed by atoms with Crippen molar-refractivity contribution < 1.29 is 9.21 Å². The van der Waals surface area contributed by atoms with Gasteiger partial charge < -0.3 is 9.73 Å². The van der Waals surface area contributed by atoms with E-state index in [2.05, 4.69) is 26.9 Å². The molecule has 0 unspecified atom stereocenters. The van der Waals surface area contributed by atoms with Gasteiger partial charge in [-0.05, 0) is 51.5 Å². The maximum Gasteiger partial charge on any atom is 0.228 e. The molecule has 1 N–H and O–H groups in total. The van der Waals surface area contributed by atoms with Crippen LogP contribution in [0.3, 0.4) is 0 Å². The lowest BCUT2D eigenvalue weighted by molar-refractivity contribution is -0.115. The van der Waals surface area contributed by atoms with Crippen molar-refractivity contribution in [2.24, 2.45) is 0 Å². The van der Waals surface area contributed by atoms with Gasteiger partial charge in [0.15, 0.2) is 0 Å². The number of benzene rings is 3. The summed E-state index contributed by atoms with van der Waals surface area (Å²) in [5, 5.41) is 17.2. The maximum absolute atomic E-state index is 12.6. The number of hydrogen-bond donors (Lipinski definition) is 1. The highest BCUT2D eigenvalue weighted by molar-refractivity contribution is 6.09. The van der Waals surface area contributed by atoms with E-state index in [0.717, 1.165) is 33.0 Å². The molecule has 0 bridgehead atoms. The Bertz CT molecular complexity index is 1270. The largest absolute Gasteiger partial charge is 0.464 e. The second-order valence-corrected chi connectivity index (χ2v) is 6.45. The van der Waals surface area contributed by atoms with Crippen molar-refractivity contribution in [3.8, 4) is 5.69 Å². The van der Waals surface area contributed by atoms with E-state index >= 15 is 0 Å². The van der Waals surface area contributed by atoms with Crippen LogP contribution in [0.1, 0.15) is 5.56 Å². The van der Waals surface area contributed by atoms with E-state index in [1.54, 1.807) is 10.9 Å². The summed E-state index contributed by atoms with van der Waals surface area (Å²) in [5.74, 6) is -0.106. The van der Waals surface area contributed by atoms with E-state index in [1.807, 2.05) is 54.6 Å². The van der Waals surface area contributed by atoms with E-state index in [9.17, 15) is 4.79 Å². The first-order valence-electron chi connectivity index (χ1n) is 8.79. The Kier molecular flexibility index (Phi) is 3.83. The lowest BCUT2D eigenvalue weighted by Crippen LogP contribution is -2.14. The normalized spacial score (nSPS) is 11.1. The van der Waals surface area contributed by atoms with Crippen LogP contribution in [0.2, 0.25) is 0 Å². The minimum Gasteiger partial charge on any atom is -0.464 e. The Morgan fingerprint density at radius 3 is 2.71 bits per heavy atom. The Balaban J connectivity index is 1.38. The molecule has 2 heterocycles. The smallest absolute Gasteiger partial charge is 0.228 e. The average molecular weight is 369 g/mol. The van der Waals surface area contributed by atoms with Crippen LogP contribution in [-0.2, 0) is 11.2 Å². The molecule has 0 aliphatic rings. The molecule has 7 nitrogen and oxygen atoms in total. The Hall–Kier alpha value is -4.00. The number of nitrogens with zero attached hydrogens (tertiary/aromatic N) is 4. The molecule has 5 rings (SSSR count). The fourth-order valence-corrected chi connectivity index (χ4v) is 3.36. The fourth-order valence-electron chi connectivity index (χ4n) is 3.36. The number of furan rings is 1. The van der Waals surface area contributed by atoms with Gasteiger partial charge >= 0.3 is 0 Å². The number of anilines is 1. The summed E-state index contributed by atoms with van der Waals surface area (Å²) in [6, 6.07) is 19.4.